The van der Waals surface area contributed by atoms with Crippen molar-refractivity contribution in [3.8, 4) is 5.75 Å². The molecule has 2 aliphatic heterocycles. The van der Waals surface area contributed by atoms with Gasteiger partial charge in [-0.25, -0.2) is 4.79 Å². The Hall–Kier alpha value is -1.66. The largest absolute Gasteiger partial charge is 0.493 e. The first kappa shape index (κ1) is 17.2. The Labute approximate surface area is 146 Å². The number of thioether (sulfide) groups is 1. The molecule has 0 saturated carbocycles. The van der Waals surface area contributed by atoms with Gasteiger partial charge in [-0.2, -0.15) is 0 Å². The molecule has 1 aromatic rings. The van der Waals surface area contributed by atoms with Crippen LogP contribution < -0.4 is 10.1 Å². The highest BCUT2D eigenvalue weighted by Crippen LogP contribution is 2.39. The van der Waals surface area contributed by atoms with Gasteiger partial charge in [0, 0.05) is 23.6 Å². The topological polar surface area (TPSA) is 56.8 Å². The van der Waals surface area contributed by atoms with Gasteiger partial charge in [0.15, 0.2) is 0 Å². The first-order valence-corrected chi connectivity index (χ1v) is 9.13. The highest BCUT2D eigenvalue weighted by molar-refractivity contribution is 8.03. The van der Waals surface area contributed by atoms with Gasteiger partial charge in [0.05, 0.1) is 25.9 Å². The molecule has 24 heavy (non-hydrogen) atoms. The number of methoxy groups -OCH3 is 1. The van der Waals surface area contributed by atoms with Gasteiger partial charge in [-0.3, -0.25) is 0 Å². The minimum absolute atomic E-state index is 0.0988. The lowest BCUT2D eigenvalue weighted by atomic mass is 10.1. The quantitative estimate of drug-likeness (QED) is 0.794. The molecule has 0 radical (unpaired) electrons. The Balaban J connectivity index is 1.76. The smallest absolute Gasteiger partial charge is 0.337 e. The summed E-state index contributed by atoms with van der Waals surface area (Å²) in [6.07, 6.45) is 4.06. The van der Waals surface area contributed by atoms with Crippen LogP contribution in [0.1, 0.15) is 41.1 Å². The Kier molecular flexibility index (Phi) is 5.68. The second-order valence-electron chi connectivity index (χ2n) is 5.95. The number of benzene rings is 1. The van der Waals surface area contributed by atoms with E-state index in [1.54, 1.807) is 17.8 Å². The number of carbonyl (C=O) groups excluding carboxylic acids is 1. The number of hydrogen-bond donors (Lipinski definition) is 1. The van der Waals surface area contributed by atoms with Crippen LogP contribution >= 0.6 is 11.8 Å². The summed E-state index contributed by atoms with van der Waals surface area (Å²) in [5.41, 5.74) is 1.53. The van der Waals surface area contributed by atoms with Crippen molar-refractivity contribution in [1.82, 2.24) is 5.32 Å². The zero-order valence-corrected chi connectivity index (χ0v) is 14.9. The zero-order valence-electron chi connectivity index (χ0n) is 14.0. The summed E-state index contributed by atoms with van der Waals surface area (Å²) < 4.78 is 16.2. The Morgan fingerprint density at radius 3 is 2.96 bits per heavy atom. The summed E-state index contributed by atoms with van der Waals surface area (Å²) in [7, 11) is 1.39. The van der Waals surface area contributed by atoms with E-state index in [1.165, 1.54) is 12.0 Å². The fraction of sp³-hybridized carbons (Fsp3) is 0.500. The van der Waals surface area contributed by atoms with Crippen molar-refractivity contribution >= 4 is 17.7 Å². The van der Waals surface area contributed by atoms with Crippen LogP contribution in [-0.2, 0) is 9.47 Å². The summed E-state index contributed by atoms with van der Waals surface area (Å²) in [6, 6.07) is 5.62. The van der Waals surface area contributed by atoms with Crippen LogP contribution in [0.15, 0.2) is 29.3 Å². The molecule has 0 aliphatic carbocycles. The lowest BCUT2D eigenvalue weighted by molar-refractivity contribution is 0.0600. The van der Waals surface area contributed by atoms with Gasteiger partial charge >= 0.3 is 5.97 Å². The summed E-state index contributed by atoms with van der Waals surface area (Å²) in [5.74, 6) is 0.771. The van der Waals surface area contributed by atoms with Crippen molar-refractivity contribution in [2.75, 3.05) is 26.9 Å². The molecule has 0 aromatic heterocycles. The van der Waals surface area contributed by atoms with E-state index in [1.807, 2.05) is 18.3 Å². The summed E-state index contributed by atoms with van der Waals surface area (Å²) in [4.78, 5) is 13.3. The number of ether oxygens (including phenoxy) is 3. The average Bonchev–Trinajstić information content (AvgIpc) is 3.30. The van der Waals surface area contributed by atoms with Gasteiger partial charge in [-0.05, 0) is 36.6 Å². The van der Waals surface area contributed by atoms with E-state index in [4.69, 9.17) is 14.2 Å². The predicted molar refractivity (Wildman–Crippen MR) is 94.0 cm³/mol. The van der Waals surface area contributed by atoms with E-state index in [0.717, 1.165) is 31.6 Å². The summed E-state index contributed by atoms with van der Waals surface area (Å²) in [5, 5.41) is 3.45. The standard InChI is InChI=1S/C18H23NO4S/c1-3-16-9-19-17(24-16)13-6-14(18(20)21-2)8-15(7-13)23-11-12-4-5-22-10-12/h6-9,12,17,19H,3-5,10-11H2,1-2H3/t12-,17?/m0/s1. The van der Waals surface area contributed by atoms with Crippen LogP contribution in [0.4, 0.5) is 0 Å². The van der Waals surface area contributed by atoms with Crippen LogP contribution in [0.3, 0.4) is 0 Å². The molecule has 3 rings (SSSR count). The minimum Gasteiger partial charge on any atom is -0.493 e. The van der Waals surface area contributed by atoms with Gasteiger partial charge in [-0.1, -0.05) is 18.7 Å². The molecule has 1 unspecified atom stereocenters. The third-order valence-electron chi connectivity index (χ3n) is 4.18. The van der Waals surface area contributed by atoms with Crippen molar-refractivity contribution < 1.29 is 19.0 Å². The van der Waals surface area contributed by atoms with Gasteiger partial charge in [0.2, 0.25) is 0 Å². The third kappa shape index (κ3) is 4.05. The molecule has 0 spiro atoms. The molecule has 0 amide bonds. The first-order chi connectivity index (χ1) is 11.7. The lowest BCUT2D eigenvalue weighted by Crippen LogP contribution is -2.13. The van der Waals surface area contributed by atoms with Crippen LogP contribution in [0.5, 0.6) is 5.75 Å². The average molecular weight is 349 g/mol. The molecule has 2 heterocycles. The maximum absolute atomic E-state index is 12.0. The normalized spacial score (nSPS) is 22.8. The molecule has 2 atom stereocenters. The Morgan fingerprint density at radius 2 is 2.29 bits per heavy atom. The van der Waals surface area contributed by atoms with Crippen molar-refractivity contribution in [3.05, 3.63) is 40.4 Å². The molecule has 2 aliphatic rings. The SMILES string of the molecule is CCC1=CNC(c2cc(OC[C@H]3CCOC3)cc(C(=O)OC)c2)S1. The fourth-order valence-electron chi connectivity index (χ4n) is 2.76. The maximum atomic E-state index is 12.0. The summed E-state index contributed by atoms with van der Waals surface area (Å²) in [6.45, 7) is 4.28. The second kappa shape index (κ2) is 7.94. The second-order valence-corrected chi connectivity index (χ2v) is 7.18. The van der Waals surface area contributed by atoms with Crippen molar-refractivity contribution in [3.63, 3.8) is 0 Å². The van der Waals surface area contributed by atoms with E-state index in [9.17, 15) is 4.79 Å². The molecule has 0 bridgehead atoms. The molecule has 6 heteroatoms. The van der Waals surface area contributed by atoms with Crippen LogP contribution in [-0.4, -0.2) is 32.9 Å². The fourth-order valence-corrected chi connectivity index (χ4v) is 3.77. The van der Waals surface area contributed by atoms with Gasteiger partial charge in [0.1, 0.15) is 11.1 Å². The van der Waals surface area contributed by atoms with E-state index >= 15 is 0 Å². The molecule has 5 nitrogen and oxygen atoms in total. The van der Waals surface area contributed by atoms with Crippen molar-refractivity contribution in [2.24, 2.45) is 5.92 Å². The van der Waals surface area contributed by atoms with Gasteiger partial charge in [-0.15, -0.1) is 0 Å². The van der Waals surface area contributed by atoms with E-state index < -0.39 is 0 Å². The molecule has 1 fully saturated rings. The Morgan fingerprint density at radius 1 is 1.42 bits per heavy atom. The van der Waals surface area contributed by atoms with Gasteiger partial charge < -0.3 is 19.5 Å². The minimum atomic E-state index is -0.349. The third-order valence-corrected chi connectivity index (χ3v) is 5.53. The summed E-state index contributed by atoms with van der Waals surface area (Å²) >= 11 is 1.77. The van der Waals surface area contributed by atoms with Crippen molar-refractivity contribution in [1.29, 1.82) is 0 Å². The first-order valence-electron chi connectivity index (χ1n) is 8.25. The number of allylic oxidation sites excluding steroid dienone is 1. The van der Waals surface area contributed by atoms with Crippen LogP contribution in [0, 0.1) is 5.92 Å². The number of nitrogens with one attached hydrogen (secondary N) is 1. The number of rotatable bonds is 6. The molecule has 1 N–H and O–H groups in total. The molecule has 1 aromatic carbocycles. The van der Waals surface area contributed by atoms with Crippen LogP contribution in [0.2, 0.25) is 0 Å². The van der Waals surface area contributed by atoms with Crippen molar-refractivity contribution in [2.45, 2.75) is 25.1 Å². The lowest BCUT2D eigenvalue weighted by Gasteiger charge is -2.16. The highest BCUT2D eigenvalue weighted by atomic mass is 32.2. The Bertz CT molecular complexity index is 625. The molecular weight excluding hydrogens is 326 g/mol. The van der Waals surface area contributed by atoms with Gasteiger partial charge in [0.25, 0.3) is 0 Å². The van der Waals surface area contributed by atoms with Crippen LogP contribution in [0.25, 0.3) is 0 Å². The maximum Gasteiger partial charge on any atom is 0.337 e. The molecule has 1 saturated heterocycles. The molecule has 130 valence electrons. The highest BCUT2D eigenvalue weighted by Gasteiger charge is 2.22. The monoisotopic (exact) mass is 349 g/mol. The number of hydrogen-bond acceptors (Lipinski definition) is 6. The number of esters is 1. The van der Waals surface area contributed by atoms with E-state index in [-0.39, 0.29) is 11.3 Å². The number of carbonyl (C=O) groups is 1. The predicted octanol–water partition coefficient (Wildman–Crippen LogP) is 3.47. The zero-order chi connectivity index (χ0) is 16.9. The molecular formula is C18H23NO4S. The van der Waals surface area contributed by atoms with E-state index in [0.29, 0.717) is 23.8 Å². The van der Waals surface area contributed by atoms with E-state index in [2.05, 4.69) is 12.2 Å².